The number of nitrogens with one attached hydrogen (secondary N) is 1. The van der Waals surface area contributed by atoms with Gasteiger partial charge < -0.3 is 10.2 Å². The highest BCUT2D eigenvalue weighted by Crippen LogP contribution is 2.05. The molecule has 0 unspecified atom stereocenters. The lowest BCUT2D eigenvalue weighted by Crippen LogP contribution is -2.46. The third-order valence-electron chi connectivity index (χ3n) is 4.35. The van der Waals surface area contributed by atoms with Gasteiger partial charge in [-0.3, -0.25) is 14.2 Å². The van der Waals surface area contributed by atoms with E-state index >= 15 is 0 Å². The second-order valence-corrected chi connectivity index (χ2v) is 6.96. The van der Waals surface area contributed by atoms with Crippen molar-refractivity contribution in [3.8, 4) is 5.69 Å². The van der Waals surface area contributed by atoms with Crippen LogP contribution in [0.25, 0.3) is 5.69 Å². The lowest BCUT2D eigenvalue weighted by molar-refractivity contribution is 0.0941. The van der Waals surface area contributed by atoms with E-state index in [0.717, 1.165) is 9.25 Å². The molecule has 0 aliphatic carbocycles. The van der Waals surface area contributed by atoms with E-state index in [9.17, 15) is 18.8 Å². The fourth-order valence-corrected chi connectivity index (χ4v) is 2.83. The fraction of sp³-hybridized carbons (Fsp3) is 0.238. The van der Waals surface area contributed by atoms with E-state index in [4.69, 9.17) is 0 Å². The molecule has 3 aromatic rings. The molecule has 0 aliphatic heterocycles. The van der Waals surface area contributed by atoms with E-state index in [-0.39, 0.29) is 6.54 Å². The average Bonchev–Trinajstić information content (AvgIpc) is 2.71. The maximum atomic E-state index is 13.6. The normalized spacial score (nSPS) is 10.9. The topological polar surface area (TPSA) is 89.2 Å². The van der Waals surface area contributed by atoms with Crippen molar-refractivity contribution in [2.75, 3.05) is 27.2 Å². The van der Waals surface area contributed by atoms with Gasteiger partial charge in [-0.2, -0.15) is 9.78 Å². The van der Waals surface area contributed by atoms with Crippen LogP contribution in [0.3, 0.4) is 0 Å². The molecule has 0 spiro atoms. The van der Waals surface area contributed by atoms with Crippen LogP contribution in [0.1, 0.15) is 16.1 Å². The van der Waals surface area contributed by atoms with Crippen LogP contribution in [0.2, 0.25) is 0 Å². The van der Waals surface area contributed by atoms with Gasteiger partial charge in [0, 0.05) is 13.1 Å². The molecule has 8 nitrogen and oxygen atoms in total. The molecule has 2 aromatic carbocycles. The Morgan fingerprint density at radius 1 is 1.10 bits per heavy atom. The number of likely N-dealkylation sites (N-methyl/N-ethyl adjacent to an activating group) is 1. The monoisotopic (exact) mass is 411 g/mol. The van der Waals surface area contributed by atoms with Gasteiger partial charge in [0.25, 0.3) is 11.5 Å². The van der Waals surface area contributed by atoms with E-state index in [1.165, 1.54) is 18.2 Å². The first-order valence-electron chi connectivity index (χ1n) is 9.34. The molecule has 3 rings (SSSR count). The van der Waals surface area contributed by atoms with Gasteiger partial charge in [0.05, 0.1) is 12.2 Å². The first kappa shape index (κ1) is 21.1. The first-order valence-corrected chi connectivity index (χ1v) is 9.34. The molecule has 30 heavy (non-hydrogen) atoms. The van der Waals surface area contributed by atoms with Crippen molar-refractivity contribution in [2.45, 2.75) is 6.54 Å². The lowest BCUT2D eigenvalue weighted by Gasteiger charge is -2.13. The van der Waals surface area contributed by atoms with Crippen molar-refractivity contribution in [2.24, 2.45) is 0 Å². The minimum atomic E-state index is -0.834. The summed E-state index contributed by atoms with van der Waals surface area (Å²) in [6.45, 7) is 0.686. The zero-order valence-corrected chi connectivity index (χ0v) is 16.7. The highest BCUT2D eigenvalue weighted by atomic mass is 19.1. The summed E-state index contributed by atoms with van der Waals surface area (Å²) in [4.78, 5) is 40.4. The number of hydrogen-bond acceptors (Lipinski definition) is 5. The number of hydrogen-bond donors (Lipinski definition) is 1. The third-order valence-corrected chi connectivity index (χ3v) is 4.35. The molecular weight excluding hydrogens is 389 g/mol. The van der Waals surface area contributed by atoms with Gasteiger partial charge in [0.2, 0.25) is 5.69 Å². The molecule has 1 heterocycles. The summed E-state index contributed by atoms with van der Waals surface area (Å²) in [6.07, 6.45) is 0. The molecule has 0 saturated carbocycles. The van der Waals surface area contributed by atoms with E-state index in [0.29, 0.717) is 24.3 Å². The van der Waals surface area contributed by atoms with Crippen molar-refractivity contribution < 1.29 is 9.18 Å². The van der Waals surface area contributed by atoms with E-state index in [2.05, 4.69) is 10.4 Å². The predicted octanol–water partition coefficient (Wildman–Crippen LogP) is 0.873. The number of carbonyl (C=O) groups is 1. The fourth-order valence-electron chi connectivity index (χ4n) is 2.83. The minimum absolute atomic E-state index is 0.192. The molecule has 9 heteroatoms. The van der Waals surface area contributed by atoms with Gasteiger partial charge in [-0.25, -0.2) is 9.18 Å². The number of nitrogens with zero attached hydrogens (tertiary/aromatic N) is 4. The van der Waals surface area contributed by atoms with Crippen LogP contribution in [0.15, 0.2) is 64.2 Å². The number of benzene rings is 2. The van der Waals surface area contributed by atoms with Gasteiger partial charge in [0.15, 0.2) is 0 Å². The zero-order chi connectivity index (χ0) is 21.7. The van der Waals surface area contributed by atoms with Gasteiger partial charge in [-0.05, 0) is 43.9 Å². The van der Waals surface area contributed by atoms with Crippen molar-refractivity contribution in [3.63, 3.8) is 0 Å². The Labute approximate surface area is 172 Å². The van der Waals surface area contributed by atoms with Crippen LogP contribution in [-0.4, -0.2) is 52.3 Å². The van der Waals surface area contributed by atoms with E-state index in [1.807, 2.05) is 19.0 Å². The largest absolute Gasteiger partial charge is 0.352 e. The minimum Gasteiger partial charge on any atom is -0.349 e. The van der Waals surface area contributed by atoms with Gasteiger partial charge in [-0.1, -0.05) is 30.3 Å². The molecular formula is C21H22FN5O3. The number of carbonyl (C=O) groups excluding carboxylic acids is 1. The third kappa shape index (κ3) is 4.87. The Morgan fingerprint density at radius 3 is 2.50 bits per heavy atom. The smallest absolute Gasteiger partial charge is 0.349 e. The molecule has 0 atom stereocenters. The number of amides is 1. The van der Waals surface area contributed by atoms with Gasteiger partial charge in [0.1, 0.15) is 5.82 Å². The van der Waals surface area contributed by atoms with Crippen LogP contribution in [0, 0.1) is 5.82 Å². The Kier molecular flexibility index (Phi) is 6.53. The molecule has 1 amide bonds. The summed E-state index contributed by atoms with van der Waals surface area (Å²) in [5.74, 6) is -1.17. The van der Waals surface area contributed by atoms with Crippen LogP contribution < -0.4 is 16.6 Å². The summed E-state index contributed by atoms with van der Waals surface area (Å²) in [6, 6.07) is 14.1. The Hall–Kier alpha value is -3.59. The second-order valence-electron chi connectivity index (χ2n) is 6.96. The van der Waals surface area contributed by atoms with Crippen molar-refractivity contribution in [1.82, 2.24) is 24.6 Å². The van der Waals surface area contributed by atoms with Gasteiger partial charge in [-0.15, -0.1) is 0 Å². The van der Waals surface area contributed by atoms with Crippen LogP contribution >= 0.6 is 0 Å². The number of rotatable bonds is 7. The van der Waals surface area contributed by atoms with Gasteiger partial charge >= 0.3 is 5.69 Å². The molecule has 1 aromatic heterocycles. The summed E-state index contributed by atoms with van der Waals surface area (Å²) < 4.78 is 15.5. The summed E-state index contributed by atoms with van der Waals surface area (Å²) in [7, 11) is 3.71. The molecule has 0 saturated heterocycles. The molecule has 1 N–H and O–H groups in total. The quantitative estimate of drug-likeness (QED) is 0.623. The highest BCUT2D eigenvalue weighted by molar-refractivity contribution is 5.91. The van der Waals surface area contributed by atoms with Crippen molar-refractivity contribution in [3.05, 3.63) is 92.5 Å². The summed E-state index contributed by atoms with van der Waals surface area (Å²) >= 11 is 0. The predicted molar refractivity (Wildman–Crippen MR) is 110 cm³/mol. The maximum absolute atomic E-state index is 13.6. The molecule has 0 radical (unpaired) electrons. The summed E-state index contributed by atoms with van der Waals surface area (Å²) in [5.41, 5.74) is -1.15. The number of para-hydroxylation sites is 1. The molecule has 156 valence electrons. The Balaban J connectivity index is 2.09. The van der Waals surface area contributed by atoms with Crippen LogP contribution in [-0.2, 0) is 6.54 Å². The first-order chi connectivity index (χ1) is 14.4. The molecule has 0 aliphatic rings. The summed E-state index contributed by atoms with van der Waals surface area (Å²) in [5, 5.41) is 6.67. The number of halogens is 1. The van der Waals surface area contributed by atoms with Crippen molar-refractivity contribution in [1.29, 1.82) is 0 Å². The van der Waals surface area contributed by atoms with Crippen molar-refractivity contribution >= 4 is 5.91 Å². The molecule has 0 fully saturated rings. The lowest BCUT2D eigenvalue weighted by atomic mass is 10.2. The number of aromatic nitrogens is 3. The average molecular weight is 411 g/mol. The second kappa shape index (κ2) is 9.27. The van der Waals surface area contributed by atoms with E-state index in [1.54, 1.807) is 36.4 Å². The standard InChI is InChI=1S/C21H22FN5O3/c1-25(2)12-11-23-19(28)18-20(29)26(14-15-7-6-8-16(22)13-15)21(30)27(24-18)17-9-4-3-5-10-17/h3-10,13H,11-12,14H2,1-2H3,(H,23,28). The zero-order valence-electron chi connectivity index (χ0n) is 16.7. The Morgan fingerprint density at radius 2 is 1.83 bits per heavy atom. The van der Waals surface area contributed by atoms with Crippen LogP contribution in [0.5, 0.6) is 0 Å². The highest BCUT2D eigenvalue weighted by Gasteiger charge is 2.20. The van der Waals surface area contributed by atoms with Crippen LogP contribution in [0.4, 0.5) is 4.39 Å². The SMILES string of the molecule is CN(C)CCNC(=O)c1nn(-c2ccccc2)c(=O)n(Cc2cccc(F)c2)c1=O. The maximum Gasteiger partial charge on any atom is 0.352 e. The van der Waals surface area contributed by atoms with E-state index < -0.39 is 28.7 Å². The Bertz CT molecular complexity index is 1160. The molecule has 0 bridgehead atoms.